The van der Waals surface area contributed by atoms with E-state index in [9.17, 15) is 0 Å². The summed E-state index contributed by atoms with van der Waals surface area (Å²) in [6, 6.07) is 9.62. The molecule has 1 rings (SSSR count). The van der Waals surface area contributed by atoms with Gasteiger partial charge < -0.3 is 5.32 Å². The second-order valence-corrected chi connectivity index (χ2v) is 6.90. The summed E-state index contributed by atoms with van der Waals surface area (Å²) in [7, 11) is 0. The van der Waals surface area contributed by atoms with Crippen LogP contribution in [0.15, 0.2) is 24.3 Å². The van der Waals surface area contributed by atoms with Crippen LogP contribution >= 0.6 is 11.8 Å². The predicted octanol–water partition coefficient (Wildman–Crippen LogP) is 5.21. The number of unbranched alkanes of at least 4 members (excludes halogenated alkanes) is 2. The number of nitrogens with one attached hydrogen (secondary N) is 1. The average molecular weight is 294 g/mol. The Labute approximate surface area is 129 Å². The summed E-state index contributed by atoms with van der Waals surface area (Å²) >= 11 is 2.11. The van der Waals surface area contributed by atoms with E-state index in [1.807, 2.05) is 0 Å². The molecule has 0 bridgehead atoms. The fourth-order valence-corrected chi connectivity index (χ4v) is 3.64. The summed E-state index contributed by atoms with van der Waals surface area (Å²) in [6.07, 6.45) is 5.13. The number of benzene rings is 1. The van der Waals surface area contributed by atoms with E-state index < -0.39 is 0 Å². The predicted molar refractivity (Wildman–Crippen MR) is 93.7 cm³/mol. The molecule has 0 aliphatic heterocycles. The third-order valence-corrected chi connectivity index (χ3v) is 5.09. The number of hydrogen-bond donors (Lipinski definition) is 1. The minimum atomic E-state index is 0.470. The highest BCUT2D eigenvalue weighted by Gasteiger charge is 2.18. The third kappa shape index (κ3) is 5.88. The molecule has 0 fully saturated rings. The average Bonchev–Trinajstić information content (AvgIpc) is 2.49. The number of rotatable bonds is 10. The molecular weight excluding hydrogens is 262 g/mol. The van der Waals surface area contributed by atoms with Gasteiger partial charge in [0.25, 0.3) is 0 Å². The van der Waals surface area contributed by atoms with Crippen LogP contribution in [0.3, 0.4) is 0 Å². The Kier molecular flexibility index (Phi) is 9.04. The van der Waals surface area contributed by atoms with Gasteiger partial charge in [0.1, 0.15) is 0 Å². The van der Waals surface area contributed by atoms with E-state index >= 15 is 0 Å². The molecule has 2 unspecified atom stereocenters. The van der Waals surface area contributed by atoms with Gasteiger partial charge in [0, 0.05) is 11.3 Å². The van der Waals surface area contributed by atoms with E-state index in [2.05, 4.69) is 69.0 Å². The Morgan fingerprint density at radius 3 is 2.30 bits per heavy atom. The summed E-state index contributed by atoms with van der Waals surface area (Å²) in [5.41, 5.74) is 2.85. The molecule has 0 saturated heterocycles. The van der Waals surface area contributed by atoms with Crippen LogP contribution in [0.25, 0.3) is 0 Å². The summed E-state index contributed by atoms with van der Waals surface area (Å²) in [4.78, 5) is 0. The minimum absolute atomic E-state index is 0.470. The van der Waals surface area contributed by atoms with Gasteiger partial charge in [0.15, 0.2) is 0 Å². The van der Waals surface area contributed by atoms with Crippen molar-refractivity contribution in [1.29, 1.82) is 0 Å². The van der Waals surface area contributed by atoms with Crippen LogP contribution in [0.2, 0.25) is 0 Å². The highest BCUT2D eigenvalue weighted by molar-refractivity contribution is 7.99. The van der Waals surface area contributed by atoms with E-state index in [0.717, 1.165) is 13.0 Å². The van der Waals surface area contributed by atoms with Crippen LogP contribution in [0.4, 0.5) is 0 Å². The molecule has 1 aromatic rings. The molecule has 1 nitrogen and oxygen atoms in total. The highest BCUT2D eigenvalue weighted by atomic mass is 32.2. The van der Waals surface area contributed by atoms with Crippen molar-refractivity contribution in [2.24, 2.45) is 0 Å². The van der Waals surface area contributed by atoms with E-state index in [-0.39, 0.29) is 0 Å². The third-order valence-electron chi connectivity index (χ3n) is 3.77. The maximum absolute atomic E-state index is 3.66. The Bertz CT molecular complexity index is 347. The molecule has 1 aromatic carbocycles. The summed E-state index contributed by atoms with van der Waals surface area (Å²) in [5.74, 6) is 1.28. The molecule has 0 heterocycles. The van der Waals surface area contributed by atoms with Gasteiger partial charge in [-0.05, 0) is 36.3 Å². The molecule has 2 heteroatoms. The van der Waals surface area contributed by atoms with Crippen molar-refractivity contribution < 1.29 is 0 Å². The van der Waals surface area contributed by atoms with E-state index in [1.54, 1.807) is 0 Å². The Balaban J connectivity index is 2.61. The van der Waals surface area contributed by atoms with E-state index in [1.165, 1.54) is 36.1 Å². The van der Waals surface area contributed by atoms with Crippen molar-refractivity contribution in [2.75, 3.05) is 12.3 Å². The first-order valence-electron chi connectivity index (χ1n) is 8.16. The monoisotopic (exact) mass is 293 g/mol. The zero-order valence-electron chi connectivity index (χ0n) is 13.6. The normalized spacial score (nSPS) is 14.2. The first-order valence-corrected chi connectivity index (χ1v) is 9.21. The molecule has 0 saturated carbocycles. The van der Waals surface area contributed by atoms with Crippen molar-refractivity contribution >= 4 is 11.8 Å². The van der Waals surface area contributed by atoms with Gasteiger partial charge in [0.2, 0.25) is 0 Å². The molecule has 20 heavy (non-hydrogen) atoms. The molecule has 1 N–H and O–H groups in total. The van der Waals surface area contributed by atoms with Gasteiger partial charge in [-0.1, -0.05) is 64.8 Å². The zero-order chi connectivity index (χ0) is 14.8. The molecule has 0 radical (unpaired) electrons. The lowest BCUT2D eigenvalue weighted by Crippen LogP contribution is -2.28. The largest absolute Gasteiger partial charge is 0.309 e. The maximum Gasteiger partial charge on any atom is 0.0437 e. The Morgan fingerprint density at radius 1 is 1.05 bits per heavy atom. The number of thioether (sulfide) groups is 1. The van der Waals surface area contributed by atoms with Crippen molar-refractivity contribution in [3.8, 4) is 0 Å². The van der Waals surface area contributed by atoms with E-state index in [4.69, 9.17) is 0 Å². The molecule has 0 aliphatic rings. The summed E-state index contributed by atoms with van der Waals surface area (Å²) in [6.45, 7) is 10.1. The smallest absolute Gasteiger partial charge is 0.0437 e. The first-order chi connectivity index (χ1) is 9.72. The van der Waals surface area contributed by atoms with Crippen LogP contribution in [-0.4, -0.2) is 17.5 Å². The Morgan fingerprint density at radius 2 is 1.75 bits per heavy atom. The topological polar surface area (TPSA) is 12.0 Å². The van der Waals surface area contributed by atoms with Crippen LogP contribution < -0.4 is 5.32 Å². The van der Waals surface area contributed by atoms with Crippen molar-refractivity contribution in [3.63, 3.8) is 0 Å². The molecular formula is C18H31NS. The second kappa shape index (κ2) is 10.3. The molecule has 0 spiro atoms. The Hall–Kier alpha value is -0.470. The van der Waals surface area contributed by atoms with Crippen LogP contribution in [0, 0.1) is 0 Å². The maximum atomic E-state index is 3.66. The van der Waals surface area contributed by atoms with Crippen molar-refractivity contribution in [2.45, 2.75) is 64.7 Å². The lowest BCUT2D eigenvalue weighted by Gasteiger charge is -2.25. The van der Waals surface area contributed by atoms with Gasteiger partial charge in [-0.15, -0.1) is 0 Å². The standard InChI is InChI=1S/C18H31NS/c1-5-8-9-14-20-15(4)18(19-7-3)17-12-10-16(6-2)11-13-17/h10-13,15,18-19H,5-9,14H2,1-4H3. The van der Waals surface area contributed by atoms with Crippen LogP contribution in [0.1, 0.15) is 64.1 Å². The second-order valence-electron chi connectivity index (χ2n) is 5.41. The van der Waals surface area contributed by atoms with Crippen molar-refractivity contribution in [1.82, 2.24) is 5.32 Å². The van der Waals surface area contributed by atoms with Crippen molar-refractivity contribution in [3.05, 3.63) is 35.4 Å². The summed E-state index contributed by atoms with van der Waals surface area (Å²) < 4.78 is 0. The van der Waals surface area contributed by atoms with Crippen LogP contribution in [-0.2, 0) is 6.42 Å². The molecule has 0 aliphatic carbocycles. The van der Waals surface area contributed by atoms with Gasteiger partial charge in [-0.2, -0.15) is 11.8 Å². The van der Waals surface area contributed by atoms with Gasteiger partial charge in [-0.25, -0.2) is 0 Å². The SMILES string of the molecule is CCCCCSC(C)C(NCC)c1ccc(CC)cc1. The van der Waals surface area contributed by atoms with Gasteiger partial charge in [0.05, 0.1) is 0 Å². The number of hydrogen-bond acceptors (Lipinski definition) is 2. The van der Waals surface area contributed by atoms with Gasteiger partial charge >= 0.3 is 0 Å². The summed E-state index contributed by atoms with van der Waals surface area (Å²) in [5, 5.41) is 4.28. The molecule has 2 atom stereocenters. The highest BCUT2D eigenvalue weighted by Crippen LogP contribution is 2.27. The lowest BCUT2D eigenvalue weighted by molar-refractivity contribution is 0.547. The van der Waals surface area contributed by atoms with Crippen LogP contribution in [0.5, 0.6) is 0 Å². The molecule has 114 valence electrons. The van der Waals surface area contributed by atoms with E-state index in [0.29, 0.717) is 11.3 Å². The van der Waals surface area contributed by atoms with Gasteiger partial charge in [-0.3, -0.25) is 0 Å². The number of aryl methyl sites for hydroxylation is 1. The lowest BCUT2D eigenvalue weighted by atomic mass is 10.0. The first kappa shape index (κ1) is 17.6. The quantitative estimate of drug-likeness (QED) is 0.594. The molecule has 0 aromatic heterocycles. The zero-order valence-corrected chi connectivity index (χ0v) is 14.4. The fraction of sp³-hybridized carbons (Fsp3) is 0.667. The molecule has 0 amide bonds. The minimum Gasteiger partial charge on any atom is -0.309 e. The fourth-order valence-electron chi connectivity index (χ4n) is 2.45.